The summed E-state index contributed by atoms with van der Waals surface area (Å²) in [4.78, 5) is 10.5. The van der Waals surface area contributed by atoms with Crippen molar-refractivity contribution < 1.29 is 0 Å². The van der Waals surface area contributed by atoms with E-state index in [0.717, 1.165) is 0 Å². The van der Waals surface area contributed by atoms with Crippen molar-refractivity contribution in [3.8, 4) is 5.69 Å². The van der Waals surface area contributed by atoms with Crippen LogP contribution in [0.1, 0.15) is 52.7 Å². The molecule has 10 aromatic rings. The van der Waals surface area contributed by atoms with Crippen molar-refractivity contribution in [1.82, 2.24) is 4.57 Å². The Labute approximate surface area is 389 Å². The zero-order chi connectivity index (χ0) is 44.8. The van der Waals surface area contributed by atoms with E-state index in [2.05, 4.69) is 283 Å². The summed E-state index contributed by atoms with van der Waals surface area (Å²) in [7, 11) is -3.90. The molecule has 0 spiro atoms. The normalized spacial score (nSPS) is 13.0. The van der Waals surface area contributed by atoms with Crippen molar-refractivity contribution >= 4 is 41.9 Å². The van der Waals surface area contributed by atoms with E-state index in [1.807, 2.05) is 0 Å². The lowest BCUT2D eigenvalue weighted by atomic mass is 9.80. The lowest BCUT2D eigenvalue weighted by Gasteiger charge is -2.42. The van der Waals surface area contributed by atoms with E-state index < -0.39 is 20.1 Å². The highest BCUT2D eigenvalue weighted by Crippen LogP contribution is 2.75. The summed E-state index contributed by atoms with van der Waals surface area (Å²) < 4.78 is 2.55. The second-order valence-electron chi connectivity index (χ2n) is 19.1. The number of benzene rings is 9. The molecular formula is C62H57NS2. The molecule has 9 aromatic carbocycles. The zero-order valence-corrected chi connectivity index (χ0v) is 39.9. The number of rotatable bonds is 9. The van der Waals surface area contributed by atoms with E-state index in [1.165, 1.54) is 77.8 Å². The Morgan fingerprint density at radius 3 is 0.785 bits per heavy atom. The molecule has 0 atom stereocenters. The summed E-state index contributed by atoms with van der Waals surface area (Å²) in [6.45, 7) is 14.0. The highest BCUT2D eigenvalue weighted by Gasteiger charge is 2.36. The Kier molecular flexibility index (Phi) is 11.0. The van der Waals surface area contributed by atoms with E-state index in [1.54, 1.807) is 0 Å². The van der Waals surface area contributed by atoms with Gasteiger partial charge >= 0.3 is 0 Å². The van der Waals surface area contributed by atoms with Gasteiger partial charge in [0, 0.05) is 55.6 Å². The Bertz CT molecular complexity index is 2830. The van der Waals surface area contributed by atoms with Crippen LogP contribution in [0.4, 0.5) is 0 Å². The maximum absolute atomic E-state index is 2.56. The van der Waals surface area contributed by atoms with Crippen molar-refractivity contribution in [2.24, 2.45) is 0 Å². The smallest absolute Gasteiger partial charge is 0.0541 e. The quantitative estimate of drug-likeness (QED) is 0.136. The second-order valence-corrected chi connectivity index (χ2v) is 25.3. The minimum absolute atomic E-state index is 0.0386. The minimum Gasteiger partial charge on any atom is -0.309 e. The van der Waals surface area contributed by atoms with Crippen molar-refractivity contribution in [2.45, 2.75) is 91.5 Å². The highest BCUT2D eigenvalue weighted by atomic mass is 32.3. The molecule has 65 heavy (non-hydrogen) atoms. The Hall–Kier alpha value is -6.52. The molecule has 10 rings (SSSR count). The van der Waals surface area contributed by atoms with Crippen molar-refractivity contribution in [2.75, 3.05) is 0 Å². The largest absolute Gasteiger partial charge is 0.309 e. The molecule has 0 radical (unpaired) electrons. The predicted octanol–water partition coefficient (Wildman–Crippen LogP) is 18.1. The second kappa shape index (κ2) is 16.8. The van der Waals surface area contributed by atoms with E-state index in [4.69, 9.17) is 0 Å². The third kappa shape index (κ3) is 7.32. The molecule has 0 saturated heterocycles. The van der Waals surface area contributed by atoms with E-state index in [9.17, 15) is 0 Å². The molecule has 1 nitrogen and oxygen atoms in total. The molecule has 0 aliphatic carbocycles. The molecule has 0 aliphatic heterocycles. The zero-order valence-electron chi connectivity index (χ0n) is 38.3. The minimum atomic E-state index is -1.95. The molecule has 0 aliphatic rings. The van der Waals surface area contributed by atoms with Gasteiger partial charge in [0.15, 0.2) is 0 Å². The van der Waals surface area contributed by atoms with Gasteiger partial charge in [-0.15, -0.1) is 20.1 Å². The first kappa shape index (κ1) is 42.4. The van der Waals surface area contributed by atoms with Crippen LogP contribution in [0.3, 0.4) is 0 Å². The molecule has 0 bridgehead atoms. The van der Waals surface area contributed by atoms with Gasteiger partial charge in [0.1, 0.15) is 0 Å². The van der Waals surface area contributed by atoms with E-state index in [0.29, 0.717) is 0 Å². The summed E-state index contributed by atoms with van der Waals surface area (Å²) in [5, 5.41) is 2.50. The van der Waals surface area contributed by atoms with Crippen LogP contribution in [-0.4, -0.2) is 4.57 Å². The van der Waals surface area contributed by atoms with Gasteiger partial charge in [-0.3, -0.25) is 0 Å². The fraction of sp³-hybridized carbons (Fsp3) is 0.129. The first-order valence-corrected chi connectivity index (χ1v) is 26.0. The molecule has 322 valence electrons. The van der Waals surface area contributed by atoms with Crippen molar-refractivity contribution in [3.05, 3.63) is 248 Å². The van der Waals surface area contributed by atoms with Crippen LogP contribution in [0.15, 0.2) is 276 Å². The number of hydrogen-bond donors (Lipinski definition) is 0. The van der Waals surface area contributed by atoms with Gasteiger partial charge in [-0.1, -0.05) is 157 Å². The van der Waals surface area contributed by atoms with Gasteiger partial charge in [-0.05, 0) is 143 Å². The Morgan fingerprint density at radius 2 is 0.538 bits per heavy atom. The van der Waals surface area contributed by atoms with Gasteiger partial charge in [0.2, 0.25) is 0 Å². The third-order valence-electron chi connectivity index (χ3n) is 12.9. The van der Waals surface area contributed by atoms with Crippen LogP contribution < -0.4 is 0 Å². The van der Waals surface area contributed by atoms with Crippen LogP contribution in [-0.2, 0) is 10.8 Å². The van der Waals surface area contributed by atoms with Crippen LogP contribution in [0, 0.1) is 0 Å². The van der Waals surface area contributed by atoms with Gasteiger partial charge in [0.05, 0.1) is 11.0 Å². The fourth-order valence-electron chi connectivity index (χ4n) is 9.63. The van der Waals surface area contributed by atoms with Gasteiger partial charge < -0.3 is 4.57 Å². The summed E-state index contributed by atoms with van der Waals surface area (Å²) in [6.07, 6.45) is 0. The number of hydrogen-bond acceptors (Lipinski definition) is 0. The number of aromatic nitrogens is 1. The average molecular weight is 880 g/mol. The van der Waals surface area contributed by atoms with Crippen LogP contribution in [0.5, 0.6) is 0 Å². The van der Waals surface area contributed by atoms with E-state index >= 15 is 0 Å². The summed E-state index contributed by atoms with van der Waals surface area (Å²) in [6, 6.07) is 89.5. The molecule has 0 saturated carbocycles. The Morgan fingerprint density at radius 1 is 0.277 bits per heavy atom. The maximum Gasteiger partial charge on any atom is 0.0541 e. The van der Waals surface area contributed by atoms with Crippen molar-refractivity contribution in [3.63, 3.8) is 0 Å². The molecule has 1 aromatic heterocycles. The van der Waals surface area contributed by atoms with Gasteiger partial charge in [-0.2, -0.15) is 0 Å². The highest BCUT2D eigenvalue weighted by molar-refractivity contribution is 8.34. The molecule has 0 fully saturated rings. The Balaban J connectivity index is 1.37. The summed E-state index contributed by atoms with van der Waals surface area (Å²) >= 11 is 0. The van der Waals surface area contributed by atoms with Crippen molar-refractivity contribution in [1.29, 1.82) is 0 Å². The molecular weight excluding hydrogens is 823 g/mol. The fourth-order valence-corrected chi connectivity index (χ4v) is 17.4. The van der Waals surface area contributed by atoms with Crippen LogP contribution in [0.25, 0.3) is 27.5 Å². The molecule has 0 N–H and O–H groups in total. The average Bonchev–Trinajstić information content (AvgIpc) is 3.67. The van der Waals surface area contributed by atoms with E-state index in [-0.39, 0.29) is 10.8 Å². The lowest BCUT2D eigenvalue weighted by molar-refractivity contribution is 0.568. The standard InChI is InChI=1S/C62H57NS2/c1-61(2,3)46-41-47(62(4,5)6)43-48(42-46)63-59-39-37-55(64(49-25-13-7-14-26-49,50-27-15-8-16-28-50)51-29-17-9-18-30-51)44-57(59)58-45-56(38-40-60(58)63)65(52-31-19-10-20-32-52,53-33-21-11-22-34-53)54-35-23-12-24-36-54/h7-45H,1-6H3. The molecule has 3 heteroatoms. The van der Waals surface area contributed by atoms with Gasteiger partial charge in [0.25, 0.3) is 0 Å². The van der Waals surface area contributed by atoms with Gasteiger partial charge in [-0.25, -0.2) is 0 Å². The SMILES string of the molecule is CC(C)(C)c1cc(-n2c3ccc(S(c4ccccc4)(c4ccccc4)c4ccccc4)cc3c3cc(S(c4ccccc4)(c4ccccc4)c4ccccc4)ccc32)cc(C(C)(C)C)c1. The maximum atomic E-state index is 2.56. The number of fused-ring (bicyclic) bond motifs is 3. The van der Waals surface area contributed by atoms with Crippen LogP contribution in [0.2, 0.25) is 0 Å². The molecule has 0 amide bonds. The topological polar surface area (TPSA) is 4.93 Å². The number of nitrogens with zero attached hydrogens (tertiary/aromatic N) is 1. The third-order valence-corrected chi connectivity index (χ3v) is 20.7. The first-order valence-electron chi connectivity index (χ1n) is 22.7. The van der Waals surface area contributed by atoms with Crippen LogP contribution >= 0.6 is 20.1 Å². The molecule has 0 unspecified atom stereocenters. The predicted molar refractivity (Wildman–Crippen MR) is 278 cm³/mol. The summed E-state index contributed by atoms with van der Waals surface area (Å²) in [5.74, 6) is 0. The molecule has 1 heterocycles. The lowest BCUT2D eigenvalue weighted by Crippen LogP contribution is -2.17. The summed E-state index contributed by atoms with van der Waals surface area (Å²) in [5.41, 5.74) is 6.20. The first-order chi connectivity index (χ1) is 31.5. The monoisotopic (exact) mass is 879 g/mol.